The Morgan fingerprint density at radius 3 is 1.96 bits per heavy atom. The second-order valence-corrected chi connectivity index (χ2v) is 9.32. The van der Waals surface area contributed by atoms with E-state index in [1.807, 2.05) is 43.3 Å². The molecule has 1 atom stereocenters. The third-order valence-corrected chi connectivity index (χ3v) is 6.13. The Morgan fingerprint density at radius 1 is 0.917 bits per heavy atom. The van der Waals surface area contributed by atoms with Gasteiger partial charge in [0.05, 0.1) is 5.25 Å². The number of hydrogen-bond donors (Lipinski definition) is 1. The second kappa shape index (κ2) is 7.87. The van der Waals surface area contributed by atoms with E-state index < -0.39 is 15.3 Å². The topological polar surface area (TPSA) is 46.2 Å². The van der Waals surface area contributed by atoms with E-state index in [-0.39, 0.29) is 5.92 Å². The van der Waals surface area contributed by atoms with Gasteiger partial charge in [0, 0.05) is 16.6 Å². The van der Waals surface area contributed by atoms with Gasteiger partial charge in [-0.15, -0.1) is 0 Å². The van der Waals surface area contributed by atoms with E-state index in [1.54, 1.807) is 19.9 Å². The Morgan fingerprint density at radius 2 is 1.46 bits per heavy atom. The quantitative estimate of drug-likeness (QED) is 0.752. The third kappa shape index (κ3) is 4.96. The third-order valence-electron chi connectivity index (χ3n) is 3.89. The Labute approximate surface area is 154 Å². The minimum Gasteiger partial charge on any atom is -0.214 e. The summed E-state index contributed by atoms with van der Waals surface area (Å²) in [5.41, 5.74) is 3.03. The summed E-state index contributed by atoms with van der Waals surface area (Å²) in [5.74, 6) is 0.0792. The molecule has 0 heterocycles. The number of benzene rings is 2. The Bertz CT molecular complexity index is 782. The first-order valence-electron chi connectivity index (χ1n) is 7.74. The molecule has 2 rings (SSSR count). The minimum atomic E-state index is -3.24. The lowest BCUT2D eigenvalue weighted by molar-refractivity contribution is 0.566. The summed E-state index contributed by atoms with van der Waals surface area (Å²) in [6.45, 7) is 5.70. The molecule has 0 saturated heterocycles. The zero-order valence-corrected chi connectivity index (χ0v) is 16.2. The van der Waals surface area contributed by atoms with E-state index in [1.165, 1.54) is 0 Å². The SMILES string of the molecule is CC(CNS(=O)(=O)C(C)C)c1ccc(-c2cc(Cl)cc(Cl)c2)cc1. The fourth-order valence-electron chi connectivity index (χ4n) is 2.25. The number of rotatable bonds is 6. The summed E-state index contributed by atoms with van der Waals surface area (Å²) in [6, 6.07) is 13.4. The first kappa shape index (κ1) is 19.3. The highest BCUT2D eigenvalue weighted by atomic mass is 35.5. The van der Waals surface area contributed by atoms with E-state index in [9.17, 15) is 8.42 Å². The van der Waals surface area contributed by atoms with Gasteiger partial charge in [-0.1, -0.05) is 54.4 Å². The molecule has 0 aliphatic carbocycles. The van der Waals surface area contributed by atoms with Crippen LogP contribution in [0.3, 0.4) is 0 Å². The maximum Gasteiger partial charge on any atom is 0.213 e. The molecule has 2 aromatic carbocycles. The van der Waals surface area contributed by atoms with Gasteiger partial charge in [-0.25, -0.2) is 13.1 Å². The van der Waals surface area contributed by atoms with Gasteiger partial charge >= 0.3 is 0 Å². The van der Waals surface area contributed by atoms with Crippen LogP contribution in [-0.4, -0.2) is 20.2 Å². The number of halogens is 2. The van der Waals surface area contributed by atoms with Gasteiger partial charge in [0.15, 0.2) is 0 Å². The molecule has 0 aliphatic rings. The fraction of sp³-hybridized carbons (Fsp3) is 0.333. The molecule has 0 bridgehead atoms. The molecule has 0 aliphatic heterocycles. The number of hydrogen-bond acceptors (Lipinski definition) is 2. The van der Waals surface area contributed by atoms with Gasteiger partial charge in [0.2, 0.25) is 10.0 Å². The highest BCUT2D eigenvalue weighted by Gasteiger charge is 2.17. The molecule has 0 radical (unpaired) electrons. The Balaban J connectivity index is 2.11. The normalized spacial score (nSPS) is 13.2. The molecule has 6 heteroatoms. The molecule has 1 N–H and O–H groups in total. The zero-order valence-electron chi connectivity index (χ0n) is 13.9. The average molecular weight is 386 g/mol. The predicted octanol–water partition coefficient (Wildman–Crippen LogP) is 5.09. The van der Waals surface area contributed by atoms with E-state index in [4.69, 9.17) is 23.2 Å². The first-order valence-corrected chi connectivity index (χ1v) is 10.0. The maximum atomic E-state index is 11.8. The monoisotopic (exact) mass is 385 g/mol. The van der Waals surface area contributed by atoms with Crippen molar-refractivity contribution >= 4 is 33.2 Å². The van der Waals surface area contributed by atoms with E-state index in [2.05, 4.69) is 4.72 Å². The van der Waals surface area contributed by atoms with Crippen molar-refractivity contribution < 1.29 is 8.42 Å². The fourth-order valence-corrected chi connectivity index (χ4v) is 3.59. The highest BCUT2D eigenvalue weighted by Crippen LogP contribution is 2.28. The van der Waals surface area contributed by atoms with Gasteiger partial charge < -0.3 is 0 Å². The summed E-state index contributed by atoms with van der Waals surface area (Å²) < 4.78 is 26.3. The number of nitrogens with one attached hydrogen (secondary N) is 1. The summed E-state index contributed by atoms with van der Waals surface area (Å²) >= 11 is 12.1. The van der Waals surface area contributed by atoms with Crippen molar-refractivity contribution in [1.82, 2.24) is 4.72 Å². The molecule has 24 heavy (non-hydrogen) atoms. The van der Waals surface area contributed by atoms with Crippen LogP contribution in [0.15, 0.2) is 42.5 Å². The van der Waals surface area contributed by atoms with Crippen LogP contribution >= 0.6 is 23.2 Å². The first-order chi connectivity index (χ1) is 11.2. The highest BCUT2D eigenvalue weighted by molar-refractivity contribution is 7.90. The molecule has 0 fully saturated rings. The molecule has 0 saturated carbocycles. The predicted molar refractivity (Wildman–Crippen MR) is 102 cm³/mol. The van der Waals surface area contributed by atoms with Gasteiger partial charge in [-0.05, 0) is 54.7 Å². The van der Waals surface area contributed by atoms with Crippen molar-refractivity contribution in [3.05, 3.63) is 58.1 Å². The summed E-state index contributed by atoms with van der Waals surface area (Å²) in [4.78, 5) is 0. The molecule has 2 aromatic rings. The van der Waals surface area contributed by atoms with Gasteiger partial charge in [0.25, 0.3) is 0 Å². The van der Waals surface area contributed by atoms with E-state index in [0.717, 1.165) is 16.7 Å². The van der Waals surface area contributed by atoms with Crippen LogP contribution < -0.4 is 4.72 Å². The lowest BCUT2D eigenvalue weighted by atomic mass is 9.98. The summed E-state index contributed by atoms with van der Waals surface area (Å²) in [6.07, 6.45) is 0. The lowest BCUT2D eigenvalue weighted by Crippen LogP contribution is -2.33. The Kier molecular flexibility index (Phi) is 6.32. The Hall–Kier alpha value is -1.07. The smallest absolute Gasteiger partial charge is 0.213 e. The van der Waals surface area contributed by atoms with Crippen LogP contribution in [0.1, 0.15) is 32.3 Å². The molecule has 130 valence electrons. The molecule has 3 nitrogen and oxygen atoms in total. The average Bonchev–Trinajstić information content (AvgIpc) is 2.51. The minimum absolute atomic E-state index is 0.0792. The van der Waals surface area contributed by atoms with Crippen molar-refractivity contribution in [2.75, 3.05) is 6.54 Å². The van der Waals surface area contributed by atoms with Crippen molar-refractivity contribution in [1.29, 1.82) is 0 Å². The molecule has 0 amide bonds. The van der Waals surface area contributed by atoms with Crippen molar-refractivity contribution in [2.24, 2.45) is 0 Å². The summed E-state index contributed by atoms with van der Waals surface area (Å²) in [5, 5.41) is 0.760. The van der Waals surface area contributed by atoms with Crippen LogP contribution in [0.2, 0.25) is 10.0 Å². The van der Waals surface area contributed by atoms with Crippen LogP contribution in [0, 0.1) is 0 Å². The second-order valence-electron chi connectivity index (χ2n) is 6.12. The van der Waals surface area contributed by atoms with Crippen molar-refractivity contribution in [3.8, 4) is 11.1 Å². The molecule has 0 aromatic heterocycles. The van der Waals surface area contributed by atoms with Gasteiger partial charge in [0.1, 0.15) is 0 Å². The maximum absolute atomic E-state index is 11.8. The van der Waals surface area contributed by atoms with Crippen LogP contribution in [0.5, 0.6) is 0 Å². The summed E-state index contributed by atoms with van der Waals surface area (Å²) in [7, 11) is -3.24. The van der Waals surface area contributed by atoms with Crippen LogP contribution in [-0.2, 0) is 10.0 Å². The van der Waals surface area contributed by atoms with Crippen LogP contribution in [0.25, 0.3) is 11.1 Å². The largest absolute Gasteiger partial charge is 0.214 e. The number of sulfonamides is 1. The molecular weight excluding hydrogens is 365 g/mol. The van der Waals surface area contributed by atoms with Crippen LogP contribution in [0.4, 0.5) is 0 Å². The molecular formula is C18H21Cl2NO2S. The molecule has 1 unspecified atom stereocenters. The molecule has 0 spiro atoms. The van der Waals surface area contributed by atoms with E-state index in [0.29, 0.717) is 16.6 Å². The van der Waals surface area contributed by atoms with Crippen molar-refractivity contribution in [2.45, 2.75) is 31.9 Å². The lowest BCUT2D eigenvalue weighted by Gasteiger charge is -2.15. The van der Waals surface area contributed by atoms with E-state index >= 15 is 0 Å². The van der Waals surface area contributed by atoms with Gasteiger partial charge in [-0.3, -0.25) is 0 Å². The van der Waals surface area contributed by atoms with Crippen molar-refractivity contribution in [3.63, 3.8) is 0 Å². The standard InChI is InChI=1S/C18H21Cl2NO2S/c1-12(2)24(22,23)21-11-13(3)14-4-6-15(7-5-14)16-8-17(19)10-18(20)9-16/h4-10,12-13,21H,11H2,1-3H3. The van der Waals surface area contributed by atoms with Gasteiger partial charge in [-0.2, -0.15) is 0 Å². The zero-order chi connectivity index (χ0) is 17.9.